The smallest absolute Gasteiger partial charge is 0.243 e. The van der Waals surface area contributed by atoms with Crippen LogP contribution in [0.3, 0.4) is 0 Å². The molecule has 2 aromatic carbocycles. The van der Waals surface area contributed by atoms with Gasteiger partial charge in [-0.3, -0.25) is 9.69 Å². The number of nitrogens with zero attached hydrogens (tertiary/aromatic N) is 2. The van der Waals surface area contributed by atoms with Gasteiger partial charge in [0.1, 0.15) is 11.9 Å². The molecule has 2 fully saturated rings. The fourth-order valence-corrected chi connectivity index (χ4v) is 5.35. The van der Waals surface area contributed by atoms with Crippen molar-refractivity contribution in [1.82, 2.24) is 14.5 Å². The van der Waals surface area contributed by atoms with Crippen LogP contribution < -0.4 is 5.32 Å². The van der Waals surface area contributed by atoms with Gasteiger partial charge in [0.25, 0.3) is 0 Å². The summed E-state index contributed by atoms with van der Waals surface area (Å²) in [5.41, 5.74) is 0.886. The van der Waals surface area contributed by atoms with Gasteiger partial charge >= 0.3 is 0 Å². The number of benzene rings is 2. The zero-order valence-corrected chi connectivity index (χ0v) is 17.9. The molecule has 160 valence electrons. The molecule has 1 N–H and O–H groups in total. The maximum atomic E-state index is 13.4. The van der Waals surface area contributed by atoms with E-state index in [9.17, 15) is 17.6 Å². The summed E-state index contributed by atoms with van der Waals surface area (Å²) in [5, 5.41) is 2.84. The summed E-state index contributed by atoms with van der Waals surface area (Å²) < 4.78 is 40.6. The molecule has 2 aromatic rings. The van der Waals surface area contributed by atoms with Gasteiger partial charge in [0.15, 0.2) is 0 Å². The third-order valence-electron chi connectivity index (χ3n) is 5.45. The average molecular weight is 452 g/mol. The molecule has 1 heterocycles. The topological polar surface area (TPSA) is 69.7 Å². The van der Waals surface area contributed by atoms with Crippen molar-refractivity contribution < 1.29 is 17.6 Å². The molecule has 1 saturated heterocycles. The van der Waals surface area contributed by atoms with Crippen molar-refractivity contribution in [2.24, 2.45) is 0 Å². The van der Waals surface area contributed by atoms with E-state index in [0.29, 0.717) is 13.1 Å². The molecule has 30 heavy (non-hydrogen) atoms. The molecular formula is C21H23ClFN3O3S. The first kappa shape index (κ1) is 21.2. The Bertz CT molecular complexity index is 1020. The molecule has 0 radical (unpaired) electrons. The van der Waals surface area contributed by atoms with Gasteiger partial charge in [-0.25, -0.2) is 12.8 Å². The molecule has 1 aliphatic carbocycles. The average Bonchev–Trinajstić information content (AvgIpc) is 3.55. The predicted octanol–water partition coefficient (Wildman–Crippen LogP) is 2.81. The number of hydrogen-bond donors (Lipinski definition) is 1. The van der Waals surface area contributed by atoms with Crippen molar-refractivity contribution in [3.05, 3.63) is 64.9 Å². The molecule has 0 bridgehead atoms. The van der Waals surface area contributed by atoms with Crippen molar-refractivity contribution in [1.29, 1.82) is 0 Å². The lowest BCUT2D eigenvalue weighted by atomic mass is 10.0. The van der Waals surface area contributed by atoms with E-state index in [1.807, 2.05) is 35.2 Å². The van der Waals surface area contributed by atoms with E-state index in [4.69, 9.17) is 11.6 Å². The van der Waals surface area contributed by atoms with Crippen LogP contribution in [0.4, 0.5) is 4.39 Å². The fraction of sp³-hybridized carbons (Fsp3) is 0.381. The van der Waals surface area contributed by atoms with E-state index in [2.05, 4.69) is 5.32 Å². The summed E-state index contributed by atoms with van der Waals surface area (Å²) in [7, 11) is -3.79. The maximum Gasteiger partial charge on any atom is 0.243 e. The van der Waals surface area contributed by atoms with Crippen LogP contribution in [-0.2, 0) is 14.8 Å². The van der Waals surface area contributed by atoms with Crippen molar-refractivity contribution in [2.45, 2.75) is 29.8 Å². The number of hydrogen-bond acceptors (Lipinski definition) is 4. The molecule has 1 saturated carbocycles. The first-order valence-electron chi connectivity index (χ1n) is 9.91. The summed E-state index contributed by atoms with van der Waals surface area (Å²) >= 11 is 5.76. The van der Waals surface area contributed by atoms with Crippen molar-refractivity contribution in [3.8, 4) is 0 Å². The molecular weight excluding hydrogens is 429 g/mol. The molecule has 6 nitrogen and oxygen atoms in total. The van der Waals surface area contributed by atoms with Crippen LogP contribution in [0, 0.1) is 5.82 Å². The molecule has 1 amide bonds. The third-order valence-corrected chi connectivity index (χ3v) is 7.64. The Labute approximate surface area is 180 Å². The minimum absolute atomic E-state index is 0.0339. The zero-order chi connectivity index (χ0) is 21.3. The number of piperazine rings is 1. The Morgan fingerprint density at radius 2 is 1.73 bits per heavy atom. The fourth-order valence-electron chi connectivity index (χ4n) is 3.66. The van der Waals surface area contributed by atoms with Crippen LogP contribution >= 0.6 is 11.6 Å². The molecule has 4 rings (SSSR count). The van der Waals surface area contributed by atoms with E-state index in [1.54, 1.807) is 0 Å². The van der Waals surface area contributed by atoms with E-state index < -0.39 is 21.9 Å². The second-order valence-electron chi connectivity index (χ2n) is 7.61. The summed E-state index contributed by atoms with van der Waals surface area (Å²) in [4.78, 5) is 14.9. The van der Waals surface area contributed by atoms with E-state index in [0.717, 1.165) is 30.5 Å². The third kappa shape index (κ3) is 4.51. The lowest BCUT2D eigenvalue weighted by Gasteiger charge is -2.38. The molecule has 0 unspecified atom stereocenters. The Kier molecular flexibility index (Phi) is 6.11. The number of amides is 1. The van der Waals surface area contributed by atoms with Gasteiger partial charge in [-0.05, 0) is 36.6 Å². The minimum atomic E-state index is -3.79. The van der Waals surface area contributed by atoms with E-state index in [1.165, 1.54) is 10.4 Å². The van der Waals surface area contributed by atoms with Crippen LogP contribution in [0.15, 0.2) is 53.4 Å². The van der Waals surface area contributed by atoms with Gasteiger partial charge in [0, 0.05) is 32.2 Å². The molecule has 1 aliphatic heterocycles. The van der Waals surface area contributed by atoms with Crippen LogP contribution in [0.2, 0.25) is 5.02 Å². The van der Waals surface area contributed by atoms with Gasteiger partial charge in [-0.15, -0.1) is 0 Å². The van der Waals surface area contributed by atoms with Crippen LogP contribution in [-0.4, -0.2) is 55.8 Å². The van der Waals surface area contributed by atoms with Crippen molar-refractivity contribution in [2.75, 3.05) is 26.2 Å². The van der Waals surface area contributed by atoms with Crippen molar-refractivity contribution >= 4 is 27.5 Å². The highest BCUT2D eigenvalue weighted by Crippen LogP contribution is 2.28. The molecule has 9 heteroatoms. The van der Waals surface area contributed by atoms with Gasteiger partial charge in [0.05, 0.1) is 9.92 Å². The summed E-state index contributed by atoms with van der Waals surface area (Å²) in [5.74, 6) is -0.710. The lowest BCUT2D eigenvalue weighted by Crippen LogP contribution is -2.52. The molecule has 0 spiro atoms. The van der Waals surface area contributed by atoms with E-state index >= 15 is 0 Å². The number of rotatable bonds is 6. The normalized spacial score (nSPS) is 19.4. The molecule has 0 aromatic heterocycles. The minimum Gasteiger partial charge on any atom is -0.352 e. The Morgan fingerprint density at radius 1 is 1.07 bits per heavy atom. The second kappa shape index (κ2) is 8.63. The first-order chi connectivity index (χ1) is 14.4. The van der Waals surface area contributed by atoms with E-state index in [-0.39, 0.29) is 35.0 Å². The number of carbonyl (C=O) groups excluding carboxylic acids is 1. The maximum absolute atomic E-state index is 13.4. The largest absolute Gasteiger partial charge is 0.352 e. The highest BCUT2D eigenvalue weighted by molar-refractivity contribution is 7.89. The Balaban J connectivity index is 1.50. The van der Waals surface area contributed by atoms with Gasteiger partial charge in [0.2, 0.25) is 15.9 Å². The van der Waals surface area contributed by atoms with Gasteiger partial charge in [-0.1, -0.05) is 41.9 Å². The lowest BCUT2D eigenvalue weighted by molar-refractivity contribution is -0.127. The summed E-state index contributed by atoms with van der Waals surface area (Å²) in [6, 6.07) is 12.7. The summed E-state index contributed by atoms with van der Waals surface area (Å²) in [6.07, 6.45) is 2.00. The number of nitrogens with one attached hydrogen (secondary N) is 1. The Hall–Kier alpha value is -2.00. The zero-order valence-electron chi connectivity index (χ0n) is 16.3. The van der Waals surface area contributed by atoms with Gasteiger partial charge < -0.3 is 5.32 Å². The summed E-state index contributed by atoms with van der Waals surface area (Å²) in [6.45, 7) is 1.28. The number of halogens is 2. The standard InChI is InChI=1S/C21H23ClFN3O3S/c22-18-14-17(8-9-19(18)23)30(28,29)26-12-10-25(11-13-26)20(15-4-2-1-3-5-15)21(27)24-16-6-7-16/h1-5,8-9,14,16,20H,6-7,10-13H2,(H,24,27)/t20-/m0/s1. The highest BCUT2D eigenvalue weighted by Gasteiger charge is 2.36. The number of carbonyl (C=O) groups is 1. The molecule has 1 atom stereocenters. The quantitative estimate of drug-likeness (QED) is 0.733. The van der Waals surface area contributed by atoms with Crippen molar-refractivity contribution in [3.63, 3.8) is 0 Å². The first-order valence-corrected chi connectivity index (χ1v) is 11.7. The highest BCUT2D eigenvalue weighted by atomic mass is 35.5. The number of sulfonamides is 1. The predicted molar refractivity (Wildman–Crippen MR) is 112 cm³/mol. The van der Waals surface area contributed by atoms with Crippen LogP contribution in [0.1, 0.15) is 24.4 Å². The van der Waals surface area contributed by atoms with Gasteiger partial charge in [-0.2, -0.15) is 4.31 Å². The SMILES string of the molecule is O=C(NC1CC1)[C@H](c1ccccc1)N1CCN(S(=O)(=O)c2ccc(F)c(Cl)c2)CC1. The Morgan fingerprint density at radius 3 is 2.33 bits per heavy atom. The van der Waals surface area contributed by atoms with Crippen LogP contribution in [0.25, 0.3) is 0 Å². The molecule has 2 aliphatic rings. The second-order valence-corrected chi connectivity index (χ2v) is 9.96. The van der Waals surface area contributed by atoms with Crippen LogP contribution in [0.5, 0.6) is 0 Å². The monoisotopic (exact) mass is 451 g/mol.